The predicted octanol–water partition coefficient (Wildman–Crippen LogP) is 1.75. The number of aliphatic hydroxyl groups is 1. The summed E-state index contributed by atoms with van der Waals surface area (Å²) >= 11 is 0. The van der Waals surface area contributed by atoms with Crippen molar-refractivity contribution in [1.82, 2.24) is 9.21 Å². The zero-order valence-corrected chi connectivity index (χ0v) is 29.1. The van der Waals surface area contributed by atoms with Crippen LogP contribution in [0.5, 0.6) is 17.2 Å². The Balaban J connectivity index is 1.30. The number of allylic oxidation sites excluding steroid dienone is 1. The molecule has 1 amide bonds. The van der Waals surface area contributed by atoms with Gasteiger partial charge in [-0.25, -0.2) is 8.42 Å². The molecule has 276 valence electrons. The highest BCUT2D eigenvalue weighted by atomic mass is 32.2. The zero-order chi connectivity index (χ0) is 35.2. The lowest BCUT2D eigenvalue weighted by molar-refractivity contribution is -0.153. The average molecular weight is 723 g/mol. The van der Waals surface area contributed by atoms with Gasteiger partial charge in [0.1, 0.15) is 5.75 Å². The number of carbonyl (C=O) groups excluding carboxylic acids is 1. The van der Waals surface area contributed by atoms with Crippen molar-refractivity contribution in [2.24, 2.45) is 0 Å². The Morgan fingerprint density at radius 2 is 1.52 bits per heavy atom. The Bertz CT molecular complexity index is 1490. The van der Waals surface area contributed by atoms with Gasteiger partial charge in [-0.3, -0.25) is 4.79 Å². The molecule has 15 nitrogen and oxygen atoms in total. The van der Waals surface area contributed by atoms with E-state index in [2.05, 4.69) is 0 Å². The van der Waals surface area contributed by atoms with Gasteiger partial charge in [-0.15, -0.1) is 0 Å². The summed E-state index contributed by atoms with van der Waals surface area (Å²) in [7, 11) is -2.46. The lowest BCUT2D eigenvalue weighted by atomic mass is 9.92. The summed E-state index contributed by atoms with van der Waals surface area (Å²) in [6, 6.07) is 11.6. The summed E-state index contributed by atoms with van der Waals surface area (Å²) in [6.45, 7) is 3.13. The standard InChI is InChI=1S/C34H46N2O13S/c1-41-28-3-5-29(6-4-28)50(39,40)36(8-12-37)11-15-46-33-24-27(26-2-7-30-31(22-26)48-25-47-30)23-32(49-33)34(38)35-9-13-42-16-18-44-20-21-45-19-17-43-14-10-35/h2-7,22-23,27,33,37H,8-21,24-25H2,1H3. The second-order valence-corrected chi connectivity index (χ2v) is 13.4. The van der Waals surface area contributed by atoms with Crippen LogP contribution in [0.15, 0.2) is 59.2 Å². The number of aliphatic hydroxyl groups excluding tert-OH is 1. The fourth-order valence-electron chi connectivity index (χ4n) is 5.52. The maximum absolute atomic E-state index is 14.0. The number of fused-ring (bicyclic) bond motifs is 1. The average Bonchev–Trinajstić information content (AvgIpc) is 3.61. The Labute approximate surface area is 292 Å². The number of methoxy groups -OCH3 is 1. The highest BCUT2D eigenvalue weighted by molar-refractivity contribution is 7.89. The lowest BCUT2D eigenvalue weighted by Crippen LogP contribution is -2.41. The maximum atomic E-state index is 14.0. The number of carbonyl (C=O) groups is 1. The van der Waals surface area contributed by atoms with Crippen LogP contribution in [-0.4, -0.2) is 141 Å². The van der Waals surface area contributed by atoms with E-state index in [1.807, 2.05) is 18.2 Å². The van der Waals surface area contributed by atoms with Gasteiger partial charge in [0.15, 0.2) is 17.3 Å². The minimum absolute atomic E-state index is 0.0557. The third-order valence-electron chi connectivity index (χ3n) is 8.20. The van der Waals surface area contributed by atoms with Gasteiger partial charge in [0.25, 0.3) is 5.91 Å². The van der Waals surface area contributed by atoms with Crippen LogP contribution in [0.2, 0.25) is 0 Å². The number of nitrogens with zero attached hydrogens (tertiary/aromatic N) is 2. The lowest BCUT2D eigenvalue weighted by Gasteiger charge is -2.32. The van der Waals surface area contributed by atoms with Gasteiger partial charge in [0.2, 0.25) is 23.1 Å². The molecule has 0 saturated carbocycles. The minimum Gasteiger partial charge on any atom is -0.497 e. The van der Waals surface area contributed by atoms with Crippen molar-refractivity contribution in [3.63, 3.8) is 0 Å². The molecule has 3 aliphatic heterocycles. The third kappa shape index (κ3) is 10.5. The molecule has 0 bridgehead atoms. The number of rotatable bonds is 11. The second kappa shape index (κ2) is 19.2. The van der Waals surface area contributed by atoms with Crippen LogP contribution in [0, 0.1) is 0 Å². The van der Waals surface area contributed by atoms with Crippen molar-refractivity contribution in [1.29, 1.82) is 0 Å². The smallest absolute Gasteiger partial charge is 0.288 e. The van der Waals surface area contributed by atoms with Crippen molar-refractivity contribution >= 4 is 15.9 Å². The van der Waals surface area contributed by atoms with E-state index in [0.29, 0.717) is 76.4 Å². The van der Waals surface area contributed by atoms with Gasteiger partial charge >= 0.3 is 0 Å². The molecule has 0 spiro atoms. The number of hydrogen-bond donors (Lipinski definition) is 1. The van der Waals surface area contributed by atoms with Crippen LogP contribution >= 0.6 is 0 Å². The van der Waals surface area contributed by atoms with E-state index in [4.69, 9.17) is 42.6 Å². The first-order valence-electron chi connectivity index (χ1n) is 16.6. The Kier molecular flexibility index (Phi) is 14.5. The Hall–Kier alpha value is -3.48. The van der Waals surface area contributed by atoms with Crippen LogP contribution in [0.1, 0.15) is 17.9 Å². The van der Waals surface area contributed by atoms with Crippen molar-refractivity contribution in [3.05, 3.63) is 59.9 Å². The van der Waals surface area contributed by atoms with Gasteiger partial charge in [0, 0.05) is 38.5 Å². The molecule has 2 aromatic carbocycles. The highest BCUT2D eigenvalue weighted by Crippen LogP contribution is 2.38. The molecule has 3 heterocycles. The Morgan fingerprint density at radius 1 is 0.880 bits per heavy atom. The predicted molar refractivity (Wildman–Crippen MR) is 178 cm³/mol. The molecule has 1 saturated heterocycles. The van der Waals surface area contributed by atoms with Gasteiger partial charge in [-0.2, -0.15) is 4.31 Å². The first-order valence-corrected chi connectivity index (χ1v) is 18.1. The molecular weight excluding hydrogens is 676 g/mol. The van der Waals surface area contributed by atoms with Crippen molar-refractivity contribution < 1.29 is 61.0 Å². The molecule has 50 heavy (non-hydrogen) atoms. The quantitative estimate of drug-likeness (QED) is 0.358. The number of ether oxygens (including phenoxy) is 9. The zero-order valence-electron chi connectivity index (χ0n) is 28.2. The van der Waals surface area contributed by atoms with Gasteiger partial charge in [-0.1, -0.05) is 6.07 Å². The van der Waals surface area contributed by atoms with Crippen molar-refractivity contribution in [2.45, 2.75) is 23.5 Å². The van der Waals surface area contributed by atoms with Crippen LogP contribution in [0.4, 0.5) is 0 Å². The first-order chi connectivity index (χ1) is 24.4. The van der Waals surface area contributed by atoms with E-state index in [0.717, 1.165) is 9.87 Å². The van der Waals surface area contributed by atoms with E-state index >= 15 is 0 Å². The summed E-state index contributed by atoms with van der Waals surface area (Å²) in [4.78, 5) is 15.7. The number of hydrogen-bond acceptors (Lipinski definition) is 13. The molecule has 2 unspecified atom stereocenters. The summed E-state index contributed by atoms with van der Waals surface area (Å²) < 4.78 is 78.9. The number of amides is 1. The van der Waals surface area contributed by atoms with Crippen LogP contribution in [-0.2, 0) is 43.2 Å². The van der Waals surface area contributed by atoms with E-state index in [-0.39, 0.29) is 68.8 Å². The molecule has 1 N–H and O–H groups in total. The van der Waals surface area contributed by atoms with Crippen molar-refractivity contribution in [3.8, 4) is 17.2 Å². The van der Waals surface area contributed by atoms with E-state index in [1.54, 1.807) is 23.1 Å². The molecule has 3 aliphatic rings. The van der Waals surface area contributed by atoms with Gasteiger partial charge < -0.3 is 52.6 Å². The second-order valence-electron chi connectivity index (χ2n) is 11.4. The number of sulfonamides is 1. The molecule has 2 aromatic rings. The molecule has 0 radical (unpaired) electrons. The molecule has 5 rings (SSSR count). The largest absolute Gasteiger partial charge is 0.497 e. The van der Waals surface area contributed by atoms with E-state index in [9.17, 15) is 18.3 Å². The first kappa shape index (κ1) is 37.8. The van der Waals surface area contributed by atoms with E-state index < -0.39 is 16.3 Å². The summed E-state index contributed by atoms with van der Waals surface area (Å²) in [5.74, 6) is 1.17. The van der Waals surface area contributed by atoms with E-state index in [1.165, 1.54) is 19.2 Å². The fraction of sp³-hybridized carbons (Fsp3) is 0.559. The SMILES string of the molecule is COc1ccc(S(=O)(=O)N(CCO)CCOC2CC(c3ccc4c(c3)OCO4)C=C(C(=O)N3CCOCCOCCOCCOCC3)O2)cc1. The van der Waals surface area contributed by atoms with Gasteiger partial charge in [-0.05, 0) is 48.0 Å². The third-order valence-corrected chi connectivity index (χ3v) is 10.1. The molecule has 1 fully saturated rings. The topological polar surface area (TPSA) is 161 Å². The molecule has 16 heteroatoms. The van der Waals surface area contributed by atoms with Crippen LogP contribution < -0.4 is 14.2 Å². The normalized spacial score (nSPS) is 21.1. The fourth-order valence-corrected chi connectivity index (χ4v) is 6.93. The van der Waals surface area contributed by atoms with Crippen LogP contribution in [0.3, 0.4) is 0 Å². The Morgan fingerprint density at radius 3 is 2.16 bits per heavy atom. The number of benzene rings is 2. The van der Waals surface area contributed by atoms with Gasteiger partial charge in [0.05, 0.1) is 78.1 Å². The molecular formula is C34H46N2O13S. The highest BCUT2D eigenvalue weighted by Gasteiger charge is 2.33. The summed E-state index contributed by atoms with van der Waals surface area (Å²) in [6.07, 6.45) is 1.22. The minimum atomic E-state index is -3.95. The summed E-state index contributed by atoms with van der Waals surface area (Å²) in [5, 5.41) is 9.67. The summed E-state index contributed by atoms with van der Waals surface area (Å²) in [5.41, 5.74) is 0.865. The van der Waals surface area contributed by atoms with Crippen molar-refractivity contribution in [2.75, 3.05) is 106 Å². The van der Waals surface area contributed by atoms with Crippen LogP contribution in [0.25, 0.3) is 0 Å². The maximum Gasteiger partial charge on any atom is 0.288 e. The monoisotopic (exact) mass is 722 g/mol. The molecule has 2 atom stereocenters. The molecule has 0 aromatic heterocycles. The molecule has 0 aliphatic carbocycles.